The van der Waals surface area contributed by atoms with Gasteiger partial charge in [-0.15, -0.1) is 0 Å². The molecule has 5 aliphatic carbocycles. The Labute approximate surface area is 204 Å². The minimum Gasteiger partial charge on any atom is -0.369 e. The van der Waals surface area contributed by atoms with E-state index in [-0.39, 0.29) is 26.8 Å². The Morgan fingerprint density at radius 1 is 1.03 bits per heavy atom. The van der Waals surface area contributed by atoms with Crippen molar-refractivity contribution in [3.8, 4) is 0 Å². The average Bonchev–Trinajstić information content (AvgIpc) is 3.17. The van der Waals surface area contributed by atoms with Gasteiger partial charge in [-0.2, -0.15) is 4.72 Å². The van der Waals surface area contributed by atoms with Crippen LogP contribution < -0.4 is 15.8 Å². The van der Waals surface area contributed by atoms with Crippen LogP contribution in [0.15, 0.2) is 23.1 Å². The number of carbonyl (C=O) groups is 2. The highest BCUT2D eigenvalue weighted by Gasteiger charge is 2.61. The standard InChI is InChI=1S/C23H29Cl2N3O4S/c24-16-4-3-5-17(18(16)25)33(31,32)28-23(6-1-2-7-23)20(30)27-22-11-14-8-15(12-22)10-21(9-14,13-22)19(26)29/h3-5,14-15,28H,1-2,6-13H2,(H2,26,29)(H,27,30). The average molecular weight is 514 g/mol. The normalized spacial score (nSPS) is 34.4. The molecule has 6 rings (SSSR count). The highest BCUT2D eigenvalue weighted by molar-refractivity contribution is 7.89. The Hall–Kier alpha value is -1.35. The van der Waals surface area contributed by atoms with Crippen molar-refractivity contribution in [3.05, 3.63) is 28.2 Å². The molecule has 0 saturated heterocycles. The SMILES string of the molecule is NC(=O)C12CC3CC(CC(NC(=O)C4(NS(=O)(=O)c5cccc(Cl)c5Cl)CCCC4)(C3)C1)C2. The number of nitrogens with one attached hydrogen (secondary N) is 2. The molecule has 0 radical (unpaired) electrons. The van der Waals surface area contributed by atoms with Crippen molar-refractivity contribution in [2.45, 2.75) is 80.2 Å². The van der Waals surface area contributed by atoms with Crippen LogP contribution in [0, 0.1) is 17.3 Å². The summed E-state index contributed by atoms with van der Waals surface area (Å²) in [7, 11) is -4.09. The van der Waals surface area contributed by atoms with Crippen LogP contribution in [-0.2, 0) is 19.6 Å². The van der Waals surface area contributed by atoms with Crippen LogP contribution in [0.25, 0.3) is 0 Å². The fourth-order valence-electron chi connectivity index (χ4n) is 7.42. The van der Waals surface area contributed by atoms with E-state index in [9.17, 15) is 18.0 Å². The molecular formula is C23H29Cl2N3O4S. The van der Waals surface area contributed by atoms with E-state index >= 15 is 0 Å². The predicted octanol–water partition coefficient (Wildman–Crippen LogP) is 3.53. The molecule has 2 amide bonds. The Balaban J connectivity index is 1.43. The molecule has 5 aliphatic rings. The molecule has 5 fully saturated rings. The van der Waals surface area contributed by atoms with Gasteiger partial charge in [-0.25, -0.2) is 8.42 Å². The van der Waals surface area contributed by atoms with Crippen LogP contribution >= 0.6 is 23.2 Å². The summed E-state index contributed by atoms with van der Waals surface area (Å²) in [5, 5.41) is 3.32. The molecule has 5 saturated carbocycles. The van der Waals surface area contributed by atoms with E-state index in [2.05, 4.69) is 10.0 Å². The predicted molar refractivity (Wildman–Crippen MR) is 125 cm³/mol. The molecule has 2 unspecified atom stereocenters. The summed E-state index contributed by atoms with van der Waals surface area (Å²) in [6.07, 6.45) is 7.10. The number of nitrogens with two attached hydrogens (primary N) is 1. The maximum absolute atomic E-state index is 13.8. The molecule has 4 bridgehead atoms. The van der Waals surface area contributed by atoms with Gasteiger partial charge in [0.05, 0.1) is 15.5 Å². The number of amides is 2. The van der Waals surface area contributed by atoms with E-state index in [4.69, 9.17) is 28.9 Å². The van der Waals surface area contributed by atoms with E-state index < -0.39 is 26.5 Å². The van der Waals surface area contributed by atoms with Gasteiger partial charge in [-0.05, 0) is 75.3 Å². The molecule has 180 valence electrons. The monoisotopic (exact) mass is 513 g/mol. The summed E-state index contributed by atoms with van der Waals surface area (Å²) in [6.45, 7) is 0. The first-order chi connectivity index (χ1) is 15.5. The van der Waals surface area contributed by atoms with E-state index in [1.54, 1.807) is 0 Å². The van der Waals surface area contributed by atoms with Crippen LogP contribution in [0.1, 0.15) is 64.2 Å². The van der Waals surface area contributed by atoms with E-state index in [1.165, 1.54) is 18.2 Å². The zero-order valence-corrected chi connectivity index (χ0v) is 20.7. The maximum atomic E-state index is 13.8. The molecular weight excluding hydrogens is 485 g/mol. The van der Waals surface area contributed by atoms with Crippen molar-refractivity contribution in [1.82, 2.24) is 10.0 Å². The van der Waals surface area contributed by atoms with Gasteiger partial charge in [-0.1, -0.05) is 42.1 Å². The summed E-state index contributed by atoms with van der Waals surface area (Å²) >= 11 is 12.2. The number of hydrogen-bond acceptors (Lipinski definition) is 4. The lowest BCUT2D eigenvalue weighted by Gasteiger charge is -2.61. The highest BCUT2D eigenvalue weighted by Crippen LogP contribution is 2.61. The van der Waals surface area contributed by atoms with Gasteiger partial charge in [0.15, 0.2) is 0 Å². The number of primary amides is 1. The first-order valence-electron chi connectivity index (χ1n) is 11.6. The third-order valence-electron chi connectivity index (χ3n) is 8.39. The largest absolute Gasteiger partial charge is 0.369 e. The fraction of sp³-hybridized carbons (Fsp3) is 0.652. The van der Waals surface area contributed by atoms with Crippen LogP contribution in [0.4, 0.5) is 0 Å². The Bertz CT molecular complexity index is 1100. The Kier molecular flexibility index (Phi) is 5.55. The summed E-state index contributed by atoms with van der Waals surface area (Å²) < 4.78 is 29.3. The second-order valence-electron chi connectivity index (χ2n) is 10.8. The summed E-state index contributed by atoms with van der Waals surface area (Å²) in [5.41, 5.74) is 3.51. The van der Waals surface area contributed by atoms with Gasteiger partial charge in [0.2, 0.25) is 21.8 Å². The molecule has 2 atom stereocenters. The molecule has 4 N–H and O–H groups in total. The number of hydrogen-bond donors (Lipinski definition) is 3. The van der Waals surface area contributed by atoms with Crippen LogP contribution in [0.2, 0.25) is 10.0 Å². The molecule has 0 spiro atoms. The quantitative estimate of drug-likeness (QED) is 0.538. The molecule has 0 aromatic heterocycles. The number of sulfonamides is 1. The smallest absolute Gasteiger partial charge is 0.243 e. The van der Waals surface area contributed by atoms with Crippen LogP contribution in [-0.4, -0.2) is 31.3 Å². The minimum absolute atomic E-state index is 0.0651. The molecule has 1 aromatic rings. The molecule has 0 aliphatic heterocycles. The third-order valence-corrected chi connectivity index (χ3v) is 10.9. The van der Waals surface area contributed by atoms with E-state index in [1.807, 2.05) is 0 Å². The van der Waals surface area contributed by atoms with Crippen molar-refractivity contribution in [2.24, 2.45) is 23.0 Å². The topological polar surface area (TPSA) is 118 Å². The summed E-state index contributed by atoms with van der Waals surface area (Å²) in [6, 6.07) is 4.41. The van der Waals surface area contributed by atoms with Crippen molar-refractivity contribution in [3.63, 3.8) is 0 Å². The van der Waals surface area contributed by atoms with Crippen molar-refractivity contribution < 1.29 is 18.0 Å². The number of carbonyl (C=O) groups excluding carboxylic acids is 2. The molecule has 1 aromatic carbocycles. The van der Waals surface area contributed by atoms with Gasteiger partial charge >= 0.3 is 0 Å². The van der Waals surface area contributed by atoms with Crippen molar-refractivity contribution in [1.29, 1.82) is 0 Å². The van der Waals surface area contributed by atoms with Gasteiger partial charge in [-0.3, -0.25) is 9.59 Å². The maximum Gasteiger partial charge on any atom is 0.243 e. The van der Waals surface area contributed by atoms with Crippen LogP contribution in [0.5, 0.6) is 0 Å². The lowest BCUT2D eigenvalue weighted by Crippen LogP contribution is -2.69. The fourth-order valence-corrected chi connectivity index (χ4v) is 9.60. The lowest BCUT2D eigenvalue weighted by atomic mass is 9.46. The number of rotatable bonds is 6. The van der Waals surface area contributed by atoms with Crippen molar-refractivity contribution in [2.75, 3.05) is 0 Å². The van der Waals surface area contributed by atoms with Gasteiger partial charge in [0.25, 0.3) is 0 Å². The second kappa shape index (κ2) is 7.83. The summed E-state index contributed by atoms with van der Waals surface area (Å²) in [5.74, 6) is 0.131. The zero-order valence-electron chi connectivity index (χ0n) is 18.3. The Morgan fingerprint density at radius 3 is 2.27 bits per heavy atom. The first kappa shape index (κ1) is 23.4. The molecule has 7 nitrogen and oxygen atoms in total. The van der Waals surface area contributed by atoms with Crippen molar-refractivity contribution >= 4 is 45.0 Å². The van der Waals surface area contributed by atoms with Gasteiger partial charge < -0.3 is 11.1 Å². The van der Waals surface area contributed by atoms with Crippen LogP contribution in [0.3, 0.4) is 0 Å². The lowest BCUT2D eigenvalue weighted by molar-refractivity contribution is -0.151. The summed E-state index contributed by atoms with van der Waals surface area (Å²) in [4.78, 5) is 26.0. The Morgan fingerprint density at radius 2 is 1.67 bits per heavy atom. The second-order valence-corrected chi connectivity index (χ2v) is 13.2. The number of halogens is 2. The molecule has 0 heterocycles. The van der Waals surface area contributed by atoms with Gasteiger partial charge in [0, 0.05) is 5.54 Å². The van der Waals surface area contributed by atoms with E-state index in [0.29, 0.717) is 31.1 Å². The van der Waals surface area contributed by atoms with E-state index in [0.717, 1.165) is 44.9 Å². The number of benzene rings is 1. The minimum atomic E-state index is -4.09. The first-order valence-corrected chi connectivity index (χ1v) is 13.8. The highest BCUT2D eigenvalue weighted by atomic mass is 35.5. The zero-order chi connectivity index (χ0) is 23.6. The van der Waals surface area contributed by atoms with Gasteiger partial charge in [0.1, 0.15) is 10.4 Å². The molecule has 33 heavy (non-hydrogen) atoms. The third kappa shape index (κ3) is 3.87. The molecule has 10 heteroatoms.